The van der Waals surface area contributed by atoms with Gasteiger partial charge in [-0.2, -0.15) is 0 Å². The predicted octanol–water partition coefficient (Wildman–Crippen LogP) is 2.26. The Morgan fingerprint density at radius 2 is 1.73 bits per heavy atom. The van der Waals surface area contributed by atoms with E-state index < -0.39 is 0 Å². The molecule has 1 atom stereocenters. The standard InChI is InChI=1S/C18H21N3O/c1-13(17(22)11-14-5-3-2-4-6-14)21-12-15-7-9-16(10-8-15)18(19)20/h2-10,13,21H,11-12H2,1H3,(H3,19,20). The van der Waals surface area contributed by atoms with E-state index in [1.807, 2.05) is 61.5 Å². The third kappa shape index (κ3) is 4.53. The molecule has 0 heterocycles. The minimum Gasteiger partial charge on any atom is -0.384 e. The quantitative estimate of drug-likeness (QED) is 0.541. The van der Waals surface area contributed by atoms with Crippen LogP contribution in [0.1, 0.15) is 23.6 Å². The SMILES string of the molecule is CC(NCc1ccc(C(=N)N)cc1)C(=O)Cc1ccccc1. The normalized spacial score (nSPS) is 11.9. The molecule has 4 N–H and O–H groups in total. The van der Waals surface area contributed by atoms with Crippen LogP contribution in [0, 0.1) is 5.41 Å². The van der Waals surface area contributed by atoms with Crippen molar-refractivity contribution in [1.29, 1.82) is 5.41 Å². The summed E-state index contributed by atoms with van der Waals surface area (Å²) in [5.41, 5.74) is 8.22. The van der Waals surface area contributed by atoms with Crippen LogP contribution in [0.5, 0.6) is 0 Å². The van der Waals surface area contributed by atoms with E-state index in [-0.39, 0.29) is 17.7 Å². The largest absolute Gasteiger partial charge is 0.384 e. The van der Waals surface area contributed by atoms with Crippen molar-refractivity contribution in [3.8, 4) is 0 Å². The Hall–Kier alpha value is -2.46. The van der Waals surface area contributed by atoms with E-state index in [1.54, 1.807) is 0 Å². The van der Waals surface area contributed by atoms with Gasteiger partial charge in [-0.15, -0.1) is 0 Å². The van der Waals surface area contributed by atoms with Crippen LogP contribution < -0.4 is 11.1 Å². The van der Waals surface area contributed by atoms with Crippen LogP contribution in [0.15, 0.2) is 54.6 Å². The first-order valence-corrected chi connectivity index (χ1v) is 7.29. The highest BCUT2D eigenvalue weighted by Gasteiger charge is 2.12. The number of nitrogens with two attached hydrogens (primary N) is 1. The lowest BCUT2D eigenvalue weighted by Crippen LogP contribution is -2.34. The zero-order valence-electron chi connectivity index (χ0n) is 12.7. The number of hydrogen-bond donors (Lipinski definition) is 3. The van der Waals surface area contributed by atoms with Crippen molar-refractivity contribution in [1.82, 2.24) is 5.32 Å². The summed E-state index contributed by atoms with van der Waals surface area (Å²) in [6.45, 7) is 2.50. The van der Waals surface area contributed by atoms with Crippen molar-refractivity contribution < 1.29 is 4.79 Å². The number of carbonyl (C=O) groups excluding carboxylic acids is 1. The lowest BCUT2D eigenvalue weighted by atomic mass is 10.0. The highest BCUT2D eigenvalue weighted by Crippen LogP contribution is 2.06. The third-order valence-corrected chi connectivity index (χ3v) is 3.58. The molecule has 0 spiro atoms. The summed E-state index contributed by atoms with van der Waals surface area (Å²) in [4.78, 5) is 12.2. The van der Waals surface area contributed by atoms with E-state index in [0.717, 1.165) is 11.1 Å². The Balaban J connectivity index is 1.85. The fourth-order valence-electron chi connectivity index (χ4n) is 2.14. The number of nitrogen functional groups attached to an aromatic ring is 1. The van der Waals surface area contributed by atoms with Crippen molar-refractivity contribution in [2.45, 2.75) is 25.9 Å². The highest BCUT2D eigenvalue weighted by molar-refractivity contribution is 5.94. The molecule has 0 fully saturated rings. The molecule has 0 aliphatic rings. The molecule has 0 aliphatic carbocycles. The smallest absolute Gasteiger partial charge is 0.153 e. The summed E-state index contributed by atoms with van der Waals surface area (Å²) >= 11 is 0. The van der Waals surface area contributed by atoms with Crippen molar-refractivity contribution in [2.24, 2.45) is 5.73 Å². The monoisotopic (exact) mass is 295 g/mol. The third-order valence-electron chi connectivity index (χ3n) is 3.58. The molecular weight excluding hydrogens is 274 g/mol. The van der Waals surface area contributed by atoms with Gasteiger partial charge in [0.05, 0.1) is 6.04 Å². The molecule has 0 radical (unpaired) electrons. The van der Waals surface area contributed by atoms with E-state index in [0.29, 0.717) is 18.5 Å². The van der Waals surface area contributed by atoms with Crippen molar-refractivity contribution in [2.75, 3.05) is 0 Å². The minimum absolute atomic E-state index is 0.0610. The van der Waals surface area contributed by atoms with Crippen LogP contribution in [0.4, 0.5) is 0 Å². The van der Waals surface area contributed by atoms with Gasteiger partial charge in [0.15, 0.2) is 5.78 Å². The van der Waals surface area contributed by atoms with E-state index in [2.05, 4.69) is 5.32 Å². The summed E-state index contributed by atoms with van der Waals surface area (Å²) in [7, 11) is 0. The van der Waals surface area contributed by atoms with E-state index >= 15 is 0 Å². The number of Topliss-reactive ketones (excluding diaryl/α,β-unsaturated/α-hetero) is 1. The van der Waals surface area contributed by atoms with Gasteiger partial charge >= 0.3 is 0 Å². The number of ketones is 1. The number of benzene rings is 2. The van der Waals surface area contributed by atoms with Crippen molar-refractivity contribution in [3.05, 3.63) is 71.3 Å². The summed E-state index contributed by atoms with van der Waals surface area (Å²) in [6, 6.07) is 17.0. The molecule has 2 rings (SSSR count). The Morgan fingerprint density at radius 1 is 1.09 bits per heavy atom. The molecule has 114 valence electrons. The van der Waals surface area contributed by atoms with E-state index in [1.165, 1.54) is 0 Å². The lowest BCUT2D eigenvalue weighted by Gasteiger charge is -2.13. The molecule has 0 bridgehead atoms. The minimum atomic E-state index is -0.201. The Kier molecular flexibility index (Phi) is 5.44. The molecule has 4 heteroatoms. The van der Waals surface area contributed by atoms with Crippen LogP contribution in [0.2, 0.25) is 0 Å². The molecule has 0 aromatic heterocycles. The maximum Gasteiger partial charge on any atom is 0.153 e. The summed E-state index contributed by atoms with van der Waals surface area (Å²) in [6.07, 6.45) is 0.443. The average Bonchev–Trinajstić information content (AvgIpc) is 2.53. The first-order valence-electron chi connectivity index (χ1n) is 7.29. The lowest BCUT2D eigenvalue weighted by molar-refractivity contribution is -0.120. The molecule has 2 aromatic rings. The molecule has 4 nitrogen and oxygen atoms in total. The molecule has 0 aliphatic heterocycles. The average molecular weight is 295 g/mol. The Bertz CT molecular complexity index is 635. The summed E-state index contributed by atoms with van der Waals surface area (Å²) in [5, 5.41) is 10.6. The second kappa shape index (κ2) is 7.52. The Morgan fingerprint density at radius 3 is 2.32 bits per heavy atom. The summed E-state index contributed by atoms with van der Waals surface area (Å²) in [5.74, 6) is 0.234. The zero-order valence-corrected chi connectivity index (χ0v) is 12.7. The number of hydrogen-bond acceptors (Lipinski definition) is 3. The highest BCUT2D eigenvalue weighted by atomic mass is 16.1. The molecule has 0 saturated heterocycles. The van der Waals surface area contributed by atoms with Gasteiger partial charge in [-0.05, 0) is 18.1 Å². The van der Waals surface area contributed by atoms with Crippen LogP contribution in [0.25, 0.3) is 0 Å². The maximum absolute atomic E-state index is 12.2. The zero-order chi connectivity index (χ0) is 15.9. The Labute approximate surface area is 130 Å². The van der Waals surface area contributed by atoms with Gasteiger partial charge in [0.25, 0.3) is 0 Å². The first kappa shape index (κ1) is 15.9. The van der Waals surface area contributed by atoms with Gasteiger partial charge in [0.1, 0.15) is 5.84 Å². The van der Waals surface area contributed by atoms with Gasteiger partial charge < -0.3 is 11.1 Å². The molecule has 2 aromatic carbocycles. The first-order chi connectivity index (χ1) is 10.6. The van der Waals surface area contributed by atoms with Crippen molar-refractivity contribution in [3.63, 3.8) is 0 Å². The molecule has 0 saturated carbocycles. The molecule has 0 amide bonds. The fourth-order valence-corrected chi connectivity index (χ4v) is 2.14. The van der Waals surface area contributed by atoms with Gasteiger partial charge in [-0.3, -0.25) is 10.2 Å². The van der Waals surface area contributed by atoms with Gasteiger partial charge in [-0.25, -0.2) is 0 Å². The number of rotatable bonds is 7. The van der Waals surface area contributed by atoms with Crippen molar-refractivity contribution >= 4 is 11.6 Å². The van der Waals surface area contributed by atoms with Gasteiger partial charge in [0.2, 0.25) is 0 Å². The van der Waals surface area contributed by atoms with Gasteiger partial charge in [-0.1, -0.05) is 54.6 Å². The van der Waals surface area contributed by atoms with Gasteiger partial charge in [0, 0.05) is 18.5 Å². The van der Waals surface area contributed by atoms with Crippen LogP contribution in [-0.4, -0.2) is 17.7 Å². The number of amidine groups is 1. The van der Waals surface area contributed by atoms with E-state index in [9.17, 15) is 4.79 Å². The molecular formula is C18H21N3O. The maximum atomic E-state index is 12.2. The molecule has 22 heavy (non-hydrogen) atoms. The topological polar surface area (TPSA) is 79.0 Å². The number of carbonyl (C=O) groups is 1. The predicted molar refractivity (Wildman–Crippen MR) is 88.9 cm³/mol. The second-order valence-electron chi connectivity index (χ2n) is 5.34. The van der Waals surface area contributed by atoms with Crippen LogP contribution >= 0.6 is 0 Å². The van der Waals surface area contributed by atoms with E-state index in [4.69, 9.17) is 11.1 Å². The second-order valence-corrected chi connectivity index (χ2v) is 5.34. The molecule has 1 unspecified atom stereocenters. The summed E-state index contributed by atoms with van der Waals surface area (Å²) < 4.78 is 0. The fraction of sp³-hybridized carbons (Fsp3) is 0.222. The van der Waals surface area contributed by atoms with Crippen LogP contribution in [-0.2, 0) is 17.8 Å². The van der Waals surface area contributed by atoms with Crippen LogP contribution in [0.3, 0.4) is 0 Å². The number of nitrogens with one attached hydrogen (secondary N) is 2.